The highest BCUT2D eigenvalue weighted by molar-refractivity contribution is 7.19. The van der Waals surface area contributed by atoms with Gasteiger partial charge in [-0.15, -0.1) is 10.2 Å². The van der Waals surface area contributed by atoms with E-state index in [9.17, 15) is 9.59 Å². The van der Waals surface area contributed by atoms with Crippen molar-refractivity contribution in [2.45, 2.75) is 38.6 Å². The molecule has 0 aliphatic carbocycles. The molecule has 9 heteroatoms. The lowest BCUT2D eigenvalue weighted by Crippen LogP contribution is -2.42. The van der Waals surface area contributed by atoms with E-state index in [4.69, 9.17) is 0 Å². The monoisotopic (exact) mass is 456 g/mol. The summed E-state index contributed by atoms with van der Waals surface area (Å²) in [5.74, 6) is 0.333. The van der Waals surface area contributed by atoms with E-state index >= 15 is 0 Å². The number of likely N-dealkylation sites (N-methyl/N-ethyl adjacent to an activating group) is 1. The van der Waals surface area contributed by atoms with Gasteiger partial charge in [0.15, 0.2) is 0 Å². The molecule has 0 spiro atoms. The summed E-state index contributed by atoms with van der Waals surface area (Å²) in [6, 6.07) is 10.4. The minimum absolute atomic E-state index is 0.0433. The van der Waals surface area contributed by atoms with Crippen LogP contribution in [-0.4, -0.2) is 66.7 Å². The van der Waals surface area contributed by atoms with Crippen molar-refractivity contribution < 1.29 is 9.59 Å². The molecular formula is C23H32N6O2S. The van der Waals surface area contributed by atoms with Crippen molar-refractivity contribution >= 4 is 33.4 Å². The molecule has 1 N–H and O–H groups in total. The first-order valence-corrected chi connectivity index (χ1v) is 12.3. The fraction of sp³-hybridized carbons (Fsp3) is 0.565. The number of piperidine rings is 2. The Balaban J connectivity index is 1.18. The minimum Gasteiger partial charge on any atom is -0.355 e. The van der Waals surface area contributed by atoms with Gasteiger partial charge >= 0.3 is 0 Å². The zero-order chi connectivity index (χ0) is 22.3. The SMILES string of the molecule is CN(CCNC(=O)C1CCN(c2nnc(N3CCCCC3=O)s2)CC1)Cc1ccccc1. The fourth-order valence-corrected chi connectivity index (χ4v) is 5.22. The van der Waals surface area contributed by atoms with Crippen LogP contribution in [0.2, 0.25) is 0 Å². The second-order valence-electron chi connectivity index (χ2n) is 8.65. The maximum atomic E-state index is 12.6. The van der Waals surface area contributed by atoms with E-state index in [1.165, 1.54) is 16.9 Å². The van der Waals surface area contributed by atoms with Crippen molar-refractivity contribution in [3.8, 4) is 0 Å². The second kappa shape index (κ2) is 10.9. The molecule has 0 unspecified atom stereocenters. The Labute approximate surface area is 193 Å². The first kappa shape index (κ1) is 22.7. The van der Waals surface area contributed by atoms with E-state index in [1.807, 2.05) is 18.2 Å². The van der Waals surface area contributed by atoms with Gasteiger partial charge in [0, 0.05) is 51.6 Å². The molecule has 8 nitrogen and oxygen atoms in total. The summed E-state index contributed by atoms with van der Waals surface area (Å²) in [5.41, 5.74) is 1.28. The van der Waals surface area contributed by atoms with E-state index in [-0.39, 0.29) is 17.7 Å². The number of carbonyl (C=O) groups excluding carboxylic acids is 2. The molecule has 0 atom stereocenters. The van der Waals surface area contributed by atoms with Crippen molar-refractivity contribution in [1.82, 2.24) is 20.4 Å². The van der Waals surface area contributed by atoms with Crippen molar-refractivity contribution in [3.63, 3.8) is 0 Å². The van der Waals surface area contributed by atoms with Crippen LogP contribution in [0.4, 0.5) is 10.3 Å². The van der Waals surface area contributed by atoms with E-state index in [1.54, 1.807) is 4.90 Å². The second-order valence-corrected chi connectivity index (χ2v) is 9.58. The standard InChI is InChI=1S/C23H32N6O2S/c1-27(17-18-7-3-2-4-8-18)16-12-24-21(31)19-10-14-28(15-11-19)22-25-26-23(32-22)29-13-6-5-9-20(29)30/h2-4,7-8,19H,5-6,9-17H2,1H3,(H,24,31). The maximum Gasteiger partial charge on any atom is 0.228 e. The van der Waals surface area contributed by atoms with Crippen LogP contribution in [0.15, 0.2) is 30.3 Å². The topological polar surface area (TPSA) is 81.7 Å². The van der Waals surface area contributed by atoms with Crippen molar-refractivity contribution in [3.05, 3.63) is 35.9 Å². The molecular weight excluding hydrogens is 424 g/mol. The summed E-state index contributed by atoms with van der Waals surface area (Å²) in [5, 5.41) is 13.2. The van der Waals surface area contributed by atoms with Crippen molar-refractivity contribution in [2.24, 2.45) is 5.92 Å². The van der Waals surface area contributed by atoms with E-state index < -0.39 is 0 Å². The molecule has 3 heterocycles. The summed E-state index contributed by atoms with van der Waals surface area (Å²) in [6.07, 6.45) is 4.19. The molecule has 2 saturated heterocycles. The smallest absolute Gasteiger partial charge is 0.228 e. The summed E-state index contributed by atoms with van der Waals surface area (Å²) in [7, 11) is 2.07. The summed E-state index contributed by atoms with van der Waals surface area (Å²) in [4.78, 5) is 30.9. The van der Waals surface area contributed by atoms with Gasteiger partial charge < -0.3 is 15.1 Å². The average Bonchev–Trinajstić information content (AvgIpc) is 3.30. The highest BCUT2D eigenvalue weighted by atomic mass is 32.1. The molecule has 1 aromatic heterocycles. The average molecular weight is 457 g/mol. The van der Waals surface area contributed by atoms with Gasteiger partial charge in [0.25, 0.3) is 0 Å². The summed E-state index contributed by atoms with van der Waals surface area (Å²) in [6.45, 7) is 4.66. The van der Waals surface area contributed by atoms with Crippen LogP contribution in [0, 0.1) is 5.92 Å². The predicted molar refractivity (Wildman–Crippen MR) is 127 cm³/mol. The number of benzene rings is 1. The first-order chi connectivity index (χ1) is 15.6. The highest BCUT2D eigenvalue weighted by Crippen LogP contribution is 2.31. The maximum absolute atomic E-state index is 12.6. The Bertz CT molecular complexity index is 897. The minimum atomic E-state index is 0.0433. The zero-order valence-electron chi connectivity index (χ0n) is 18.7. The number of nitrogens with zero attached hydrogens (tertiary/aromatic N) is 5. The van der Waals surface area contributed by atoms with Gasteiger partial charge in [-0.3, -0.25) is 14.5 Å². The molecule has 2 aliphatic rings. The summed E-state index contributed by atoms with van der Waals surface area (Å²) < 4.78 is 0. The Morgan fingerprint density at radius 3 is 2.62 bits per heavy atom. The molecule has 2 amide bonds. The van der Waals surface area contributed by atoms with Crippen molar-refractivity contribution in [1.29, 1.82) is 0 Å². The molecule has 2 aliphatic heterocycles. The molecule has 172 valence electrons. The number of carbonyl (C=O) groups is 2. The Hall–Kier alpha value is -2.52. The number of anilines is 2. The van der Waals surface area contributed by atoms with Gasteiger partial charge in [-0.1, -0.05) is 41.7 Å². The molecule has 1 aromatic carbocycles. The predicted octanol–water partition coefficient (Wildman–Crippen LogP) is 2.52. The fourth-order valence-electron chi connectivity index (χ4n) is 4.27. The van der Waals surface area contributed by atoms with Gasteiger partial charge in [0.1, 0.15) is 0 Å². The zero-order valence-corrected chi connectivity index (χ0v) is 19.5. The Morgan fingerprint density at radius 2 is 1.88 bits per heavy atom. The van der Waals surface area contributed by atoms with Crippen molar-refractivity contribution in [2.75, 3.05) is 49.6 Å². The lowest BCUT2D eigenvalue weighted by atomic mass is 9.96. The van der Waals surface area contributed by atoms with Crippen LogP contribution in [-0.2, 0) is 16.1 Å². The number of hydrogen-bond acceptors (Lipinski definition) is 7. The third-order valence-corrected chi connectivity index (χ3v) is 7.19. The number of hydrogen-bond donors (Lipinski definition) is 1. The quantitative estimate of drug-likeness (QED) is 0.657. The molecule has 0 saturated carbocycles. The molecule has 4 rings (SSSR count). The largest absolute Gasteiger partial charge is 0.355 e. The van der Waals surface area contributed by atoms with Crippen LogP contribution >= 0.6 is 11.3 Å². The van der Waals surface area contributed by atoms with Gasteiger partial charge in [0.05, 0.1) is 0 Å². The lowest BCUT2D eigenvalue weighted by molar-refractivity contribution is -0.125. The number of rotatable bonds is 8. The number of amides is 2. The third kappa shape index (κ3) is 5.83. The normalized spacial score (nSPS) is 17.8. The van der Waals surface area contributed by atoms with Gasteiger partial charge in [-0.05, 0) is 38.3 Å². The van der Waals surface area contributed by atoms with Gasteiger partial charge in [0.2, 0.25) is 22.1 Å². The van der Waals surface area contributed by atoms with E-state index in [2.05, 4.69) is 44.5 Å². The molecule has 0 radical (unpaired) electrons. The van der Waals surface area contributed by atoms with Gasteiger partial charge in [-0.25, -0.2) is 0 Å². The van der Waals surface area contributed by atoms with E-state index in [0.717, 1.165) is 63.5 Å². The lowest BCUT2D eigenvalue weighted by Gasteiger charge is -2.31. The van der Waals surface area contributed by atoms with E-state index in [0.29, 0.717) is 18.1 Å². The third-order valence-electron chi connectivity index (χ3n) is 6.18. The van der Waals surface area contributed by atoms with Crippen LogP contribution in [0.1, 0.15) is 37.7 Å². The van der Waals surface area contributed by atoms with Gasteiger partial charge in [-0.2, -0.15) is 0 Å². The molecule has 32 heavy (non-hydrogen) atoms. The molecule has 0 bridgehead atoms. The van der Waals surface area contributed by atoms with Crippen LogP contribution in [0.3, 0.4) is 0 Å². The number of nitrogens with one attached hydrogen (secondary N) is 1. The Morgan fingerprint density at radius 1 is 1.12 bits per heavy atom. The van der Waals surface area contributed by atoms with Crippen LogP contribution < -0.4 is 15.1 Å². The number of aromatic nitrogens is 2. The molecule has 2 fully saturated rings. The summed E-state index contributed by atoms with van der Waals surface area (Å²) >= 11 is 1.48. The molecule has 2 aromatic rings. The Kier molecular flexibility index (Phi) is 7.70. The highest BCUT2D eigenvalue weighted by Gasteiger charge is 2.28. The van der Waals surface area contributed by atoms with Crippen LogP contribution in [0.25, 0.3) is 0 Å². The first-order valence-electron chi connectivity index (χ1n) is 11.5. The van der Waals surface area contributed by atoms with Crippen LogP contribution in [0.5, 0.6) is 0 Å².